The molecule has 22 heavy (non-hydrogen) atoms. The first-order chi connectivity index (χ1) is 10.5. The number of ether oxygens (including phenoxy) is 1. The predicted octanol–water partition coefficient (Wildman–Crippen LogP) is 2.27. The fourth-order valence-corrected chi connectivity index (χ4v) is 2.18. The standard InChI is InChI=1S/C13H11N3O5S/c1-8(17)7-21-13-15-10(12(22-13)16(19)20)14-11(18)9-5-3-2-4-6-9/h2-6H,7H2,1H3,(H,14,18). The van der Waals surface area contributed by atoms with Crippen LogP contribution in [0.25, 0.3) is 0 Å². The molecule has 9 heteroatoms. The number of nitrogens with one attached hydrogen (secondary N) is 1. The number of aromatic nitrogens is 1. The molecule has 0 radical (unpaired) electrons. The van der Waals surface area contributed by atoms with Crippen molar-refractivity contribution >= 4 is 33.8 Å². The molecule has 114 valence electrons. The highest BCUT2D eigenvalue weighted by Crippen LogP contribution is 2.36. The number of nitro groups is 1. The summed E-state index contributed by atoms with van der Waals surface area (Å²) in [4.78, 5) is 37.0. The van der Waals surface area contributed by atoms with Crippen molar-refractivity contribution < 1.29 is 19.2 Å². The Hall–Kier alpha value is -2.81. The Morgan fingerprint density at radius 1 is 1.36 bits per heavy atom. The number of carbonyl (C=O) groups excluding carboxylic acids is 2. The van der Waals surface area contributed by atoms with Gasteiger partial charge in [-0.05, 0) is 30.4 Å². The monoisotopic (exact) mass is 321 g/mol. The number of ketones is 1. The maximum absolute atomic E-state index is 12.0. The minimum Gasteiger partial charge on any atom is -0.462 e. The molecule has 0 aliphatic carbocycles. The molecule has 0 spiro atoms. The summed E-state index contributed by atoms with van der Waals surface area (Å²) >= 11 is 0.647. The number of benzene rings is 1. The van der Waals surface area contributed by atoms with Crippen LogP contribution in [0.15, 0.2) is 30.3 Å². The summed E-state index contributed by atoms with van der Waals surface area (Å²) in [6, 6.07) is 8.23. The van der Waals surface area contributed by atoms with Crippen LogP contribution in [-0.2, 0) is 4.79 Å². The molecule has 1 heterocycles. The summed E-state index contributed by atoms with van der Waals surface area (Å²) in [6.45, 7) is 1.08. The third-order valence-electron chi connectivity index (χ3n) is 2.42. The van der Waals surface area contributed by atoms with Gasteiger partial charge < -0.3 is 4.74 Å². The highest BCUT2D eigenvalue weighted by atomic mass is 32.1. The van der Waals surface area contributed by atoms with Crippen molar-refractivity contribution in [2.24, 2.45) is 0 Å². The minimum absolute atomic E-state index is 0.0507. The van der Waals surface area contributed by atoms with Gasteiger partial charge in [-0.1, -0.05) is 18.2 Å². The van der Waals surface area contributed by atoms with E-state index in [1.54, 1.807) is 30.3 Å². The average Bonchev–Trinajstić information content (AvgIpc) is 2.89. The van der Waals surface area contributed by atoms with Gasteiger partial charge >= 0.3 is 5.00 Å². The molecule has 1 amide bonds. The van der Waals surface area contributed by atoms with Crippen LogP contribution in [0.1, 0.15) is 17.3 Å². The van der Waals surface area contributed by atoms with Crippen LogP contribution >= 0.6 is 11.3 Å². The second-order valence-corrected chi connectivity index (χ2v) is 5.14. The van der Waals surface area contributed by atoms with Gasteiger partial charge in [0, 0.05) is 5.56 Å². The number of hydrogen-bond acceptors (Lipinski definition) is 7. The van der Waals surface area contributed by atoms with Crippen molar-refractivity contribution in [3.8, 4) is 5.19 Å². The molecule has 1 aromatic heterocycles. The highest BCUT2D eigenvalue weighted by molar-refractivity contribution is 7.17. The van der Waals surface area contributed by atoms with Gasteiger partial charge in [-0.3, -0.25) is 25.0 Å². The lowest BCUT2D eigenvalue weighted by atomic mass is 10.2. The SMILES string of the molecule is CC(=O)COc1nc(NC(=O)c2ccccc2)c([N+](=O)[O-])s1. The second kappa shape index (κ2) is 6.76. The van der Waals surface area contributed by atoms with Gasteiger partial charge in [0.05, 0.1) is 4.92 Å². The van der Waals surface area contributed by atoms with E-state index in [9.17, 15) is 19.7 Å². The van der Waals surface area contributed by atoms with Crippen molar-refractivity contribution in [1.29, 1.82) is 0 Å². The fraction of sp³-hybridized carbons (Fsp3) is 0.154. The lowest BCUT2D eigenvalue weighted by Gasteiger charge is -2.01. The van der Waals surface area contributed by atoms with Crippen LogP contribution in [0.3, 0.4) is 0 Å². The maximum Gasteiger partial charge on any atom is 0.371 e. The normalized spacial score (nSPS) is 10.0. The van der Waals surface area contributed by atoms with E-state index in [0.717, 1.165) is 0 Å². The molecule has 8 nitrogen and oxygen atoms in total. The molecule has 0 aliphatic heterocycles. The molecule has 0 saturated carbocycles. The Labute approximate surface area is 128 Å². The molecular formula is C13H11N3O5S. The molecule has 0 atom stereocenters. The van der Waals surface area contributed by atoms with Crippen LogP contribution < -0.4 is 10.1 Å². The molecule has 0 bridgehead atoms. The number of hydrogen-bond donors (Lipinski definition) is 1. The van der Waals surface area contributed by atoms with E-state index in [2.05, 4.69) is 10.3 Å². The Morgan fingerprint density at radius 2 is 2.05 bits per heavy atom. The fourth-order valence-electron chi connectivity index (χ4n) is 1.49. The zero-order valence-corrected chi connectivity index (χ0v) is 12.3. The maximum atomic E-state index is 12.0. The van der Waals surface area contributed by atoms with E-state index in [1.807, 2.05) is 0 Å². The summed E-state index contributed by atoms with van der Waals surface area (Å²) in [6.07, 6.45) is 0. The Bertz CT molecular complexity index is 714. The van der Waals surface area contributed by atoms with Gasteiger partial charge in [-0.25, -0.2) is 0 Å². The van der Waals surface area contributed by atoms with Crippen molar-refractivity contribution in [2.45, 2.75) is 6.92 Å². The Balaban J connectivity index is 2.20. The van der Waals surface area contributed by atoms with Crippen LogP contribution in [0.5, 0.6) is 5.19 Å². The van der Waals surface area contributed by atoms with Crippen molar-refractivity contribution in [1.82, 2.24) is 4.98 Å². The van der Waals surface area contributed by atoms with Gasteiger partial charge in [-0.15, -0.1) is 0 Å². The number of anilines is 1. The molecular weight excluding hydrogens is 310 g/mol. The van der Waals surface area contributed by atoms with Gasteiger partial charge in [0.1, 0.15) is 6.61 Å². The molecule has 1 aromatic carbocycles. The van der Waals surface area contributed by atoms with Gasteiger partial charge in [0.25, 0.3) is 11.1 Å². The summed E-state index contributed by atoms with van der Waals surface area (Å²) in [7, 11) is 0. The summed E-state index contributed by atoms with van der Waals surface area (Å²) < 4.78 is 5.03. The zero-order chi connectivity index (χ0) is 16.1. The average molecular weight is 321 g/mol. The quantitative estimate of drug-likeness (QED) is 0.645. The topological polar surface area (TPSA) is 111 Å². The Kier molecular flexibility index (Phi) is 4.79. The summed E-state index contributed by atoms with van der Waals surface area (Å²) in [5.41, 5.74) is 0.344. The van der Waals surface area contributed by atoms with E-state index in [-0.39, 0.29) is 28.4 Å². The number of nitrogens with zero attached hydrogens (tertiary/aromatic N) is 2. The van der Waals surface area contributed by atoms with Crippen LogP contribution in [0.4, 0.5) is 10.8 Å². The first kappa shape index (κ1) is 15.6. The van der Waals surface area contributed by atoms with Crippen LogP contribution in [0.2, 0.25) is 0 Å². The first-order valence-electron chi connectivity index (χ1n) is 6.11. The van der Waals surface area contributed by atoms with Gasteiger partial charge in [-0.2, -0.15) is 4.98 Å². The second-order valence-electron chi connectivity index (χ2n) is 4.20. The minimum atomic E-state index is -0.668. The molecule has 2 rings (SSSR count). The molecule has 0 unspecified atom stereocenters. The number of carbonyl (C=O) groups is 2. The molecule has 0 saturated heterocycles. The number of amides is 1. The van der Waals surface area contributed by atoms with E-state index < -0.39 is 10.8 Å². The highest BCUT2D eigenvalue weighted by Gasteiger charge is 2.24. The third-order valence-corrected chi connectivity index (χ3v) is 3.34. The zero-order valence-electron chi connectivity index (χ0n) is 11.4. The van der Waals surface area contributed by atoms with E-state index in [0.29, 0.717) is 16.9 Å². The Morgan fingerprint density at radius 3 is 2.64 bits per heavy atom. The largest absolute Gasteiger partial charge is 0.462 e. The summed E-state index contributed by atoms with van der Waals surface area (Å²) in [5.74, 6) is -0.970. The number of thiazole rings is 1. The first-order valence-corrected chi connectivity index (χ1v) is 6.93. The molecule has 2 aromatic rings. The lowest BCUT2D eigenvalue weighted by molar-refractivity contribution is -0.379. The number of rotatable bonds is 6. The van der Waals surface area contributed by atoms with E-state index in [4.69, 9.17) is 4.74 Å². The van der Waals surface area contributed by atoms with E-state index >= 15 is 0 Å². The van der Waals surface area contributed by atoms with Gasteiger partial charge in [0.2, 0.25) is 5.82 Å². The molecule has 0 fully saturated rings. The number of Topliss-reactive ketones (excluding diaryl/α,β-unsaturated/α-hetero) is 1. The lowest BCUT2D eigenvalue weighted by Crippen LogP contribution is -2.13. The predicted molar refractivity (Wildman–Crippen MR) is 79.3 cm³/mol. The third kappa shape index (κ3) is 3.85. The van der Waals surface area contributed by atoms with Crippen molar-refractivity contribution in [3.63, 3.8) is 0 Å². The molecule has 1 N–H and O–H groups in total. The van der Waals surface area contributed by atoms with Crippen LogP contribution in [-0.4, -0.2) is 28.2 Å². The van der Waals surface area contributed by atoms with Crippen molar-refractivity contribution in [3.05, 3.63) is 46.0 Å². The van der Waals surface area contributed by atoms with Crippen molar-refractivity contribution in [2.75, 3.05) is 11.9 Å². The van der Waals surface area contributed by atoms with Gasteiger partial charge in [0.15, 0.2) is 5.78 Å². The smallest absolute Gasteiger partial charge is 0.371 e. The van der Waals surface area contributed by atoms with Crippen LogP contribution in [0, 0.1) is 10.1 Å². The molecule has 0 aliphatic rings. The summed E-state index contributed by atoms with van der Waals surface area (Å²) in [5, 5.41) is 13.0. The van der Waals surface area contributed by atoms with E-state index in [1.165, 1.54) is 6.92 Å².